The van der Waals surface area contributed by atoms with Crippen LogP contribution in [0.3, 0.4) is 0 Å². The van der Waals surface area contributed by atoms with Gasteiger partial charge in [-0.05, 0) is 31.2 Å². The maximum atomic E-state index is 13.0. The van der Waals surface area contributed by atoms with Gasteiger partial charge in [-0.15, -0.1) is 11.3 Å². The third-order valence-electron chi connectivity index (χ3n) is 4.83. The molecular weight excluding hydrogens is 449 g/mol. The molecule has 0 spiro atoms. The van der Waals surface area contributed by atoms with E-state index in [-0.39, 0.29) is 9.92 Å². The van der Waals surface area contributed by atoms with E-state index in [1.54, 1.807) is 17.4 Å². The van der Waals surface area contributed by atoms with Gasteiger partial charge in [-0.3, -0.25) is 0 Å². The minimum Gasteiger partial charge on any atom is -0.345 e. The van der Waals surface area contributed by atoms with E-state index in [0.717, 1.165) is 16.4 Å². The zero-order valence-corrected chi connectivity index (χ0v) is 18.8. The van der Waals surface area contributed by atoms with Crippen LogP contribution in [0.5, 0.6) is 0 Å². The number of halogens is 2. The fourth-order valence-electron chi connectivity index (χ4n) is 3.28. The number of hydrogen-bond donors (Lipinski definition) is 0. The molecule has 1 aliphatic rings. The SMILES string of the molecule is Cc1cccc(-c2csc(N3CCN(S(=O)(=O)c4cc(Cl)ccc4Cl)CC3)n2)c1. The van der Waals surface area contributed by atoms with Crippen LogP contribution in [0.2, 0.25) is 10.0 Å². The van der Waals surface area contributed by atoms with Gasteiger partial charge < -0.3 is 4.90 Å². The van der Waals surface area contributed by atoms with Crippen molar-refractivity contribution in [3.8, 4) is 11.3 Å². The lowest BCUT2D eigenvalue weighted by Crippen LogP contribution is -2.48. The molecule has 4 rings (SSSR count). The predicted octanol–water partition coefficient (Wildman–Crippen LogP) is 4.94. The smallest absolute Gasteiger partial charge is 0.244 e. The Balaban J connectivity index is 1.48. The van der Waals surface area contributed by atoms with Crippen LogP contribution in [-0.2, 0) is 10.0 Å². The van der Waals surface area contributed by atoms with E-state index in [9.17, 15) is 8.42 Å². The Bertz CT molecular complexity index is 1140. The summed E-state index contributed by atoms with van der Waals surface area (Å²) in [5, 5.41) is 3.47. The molecule has 5 nitrogen and oxygen atoms in total. The molecule has 29 heavy (non-hydrogen) atoms. The number of thiazole rings is 1. The highest BCUT2D eigenvalue weighted by Crippen LogP contribution is 2.31. The third-order valence-corrected chi connectivity index (χ3v) is 8.34. The first-order valence-corrected chi connectivity index (χ1v) is 12.1. The lowest BCUT2D eigenvalue weighted by molar-refractivity contribution is 0.385. The monoisotopic (exact) mass is 467 g/mol. The number of piperazine rings is 1. The summed E-state index contributed by atoms with van der Waals surface area (Å²) < 4.78 is 27.4. The molecule has 0 radical (unpaired) electrons. The van der Waals surface area contributed by atoms with Crippen molar-refractivity contribution in [2.45, 2.75) is 11.8 Å². The minimum absolute atomic E-state index is 0.0519. The Hall–Kier alpha value is -1.64. The molecule has 1 aliphatic heterocycles. The summed E-state index contributed by atoms with van der Waals surface area (Å²) in [7, 11) is -3.69. The second kappa shape index (κ2) is 8.24. The van der Waals surface area contributed by atoms with Gasteiger partial charge in [0.15, 0.2) is 5.13 Å². The van der Waals surface area contributed by atoms with E-state index in [2.05, 4.69) is 24.0 Å². The number of benzene rings is 2. The van der Waals surface area contributed by atoms with Gasteiger partial charge in [-0.25, -0.2) is 13.4 Å². The lowest BCUT2D eigenvalue weighted by atomic mass is 10.1. The molecule has 3 aromatic rings. The van der Waals surface area contributed by atoms with Crippen molar-refractivity contribution in [2.75, 3.05) is 31.1 Å². The van der Waals surface area contributed by atoms with Crippen molar-refractivity contribution in [1.29, 1.82) is 0 Å². The molecule has 0 amide bonds. The third kappa shape index (κ3) is 4.29. The summed E-state index contributed by atoms with van der Waals surface area (Å²) in [6.07, 6.45) is 0. The Kier molecular flexibility index (Phi) is 5.86. The molecule has 1 saturated heterocycles. The second-order valence-corrected chi connectivity index (χ2v) is 10.4. The quantitative estimate of drug-likeness (QED) is 0.545. The topological polar surface area (TPSA) is 53.5 Å². The minimum atomic E-state index is -3.69. The van der Waals surface area contributed by atoms with Crippen molar-refractivity contribution in [3.63, 3.8) is 0 Å². The van der Waals surface area contributed by atoms with Crippen molar-refractivity contribution in [3.05, 3.63) is 63.5 Å². The van der Waals surface area contributed by atoms with Crippen LogP contribution in [0.1, 0.15) is 5.56 Å². The first-order chi connectivity index (χ1) is 13.8. The zero-order valence-electron chi connectivity index (χ0n) is 15.7. The first kappa shape index (κ1) is 20.6. The molecule has 0 saturated carbocycles. The van der Waals surface area contributed by atoms with Crippen LogP contribution in [0.25, 0.3) is 11.3 Å². The van der Waals surface area contributed by atoms with Crippen molar-refractivity contribution in [2.24, 2.45) is 0 Å². The number of rotatable bonds is 4. The molecular formula is C20H19Cl2N3O2S2. The highest BCUT2D eigenvalue weighted by molar-refractivity contribution is 7.89. The summed E-state index contributed by atoms with van der Waals surface area (Å²) in [6, 6.07) is 12.7. The average Bonchev–Trinajstić information content (AvgIpc) is 3.20. The average molecular weight is 468 g/mol. The van der Waals surface area contributed by atoms with Gasteiger partial charge in [0.25, 0.3) is 0 Å². The van der Waals surface area contributed by atoms with E-state index >= 15 is 0 Å². The van der Waals surface area contributed by atoms with Gasteiger partial charge >= 0.3 is 0 Å². The molecule has 0 bridgehead atoms. The maximum absolute atomic E-state index is 13.0. The standard InChI is InChI=1S/C20H19Cl2N3O2S2/c1-14-3-2-4-15(11-14)18-13-28-20(23-18)24-7-9-25(10-8-24)29(26,27)19-12-16(21)5-6-17(19)22/h2-6,11-13H,7-10H2,1H3. The molecule has 2 heterocycles. The molecule has 1 fully saturated rings. The molecule has 0 aliphatic carbocycles. The van der Waals surface area contributed by atoms with E-state index < -0.39 is 10.0 Å². The summed E-state index contributed by atoms with van der Waals surface area (Å²) in [4.78, 5) is 6.93. The van der Waals surface area contributed by atoms with Crippen molar-refractivity contribution in [1.82, 2.24) is 9.29 Å². The van der Waals surface area contributed by atoms with Gasteiger partial charge in [0.2, 0.25) is 10.0 Å². The highest BCUT2D eigenvalue weighted by atomic mass is 35.5. The van der Waals surface area contributed by atoms with Crippen molar-refractivity contribution < 1.29 is 8.42 Å². The van der Waals surface area contributed by atoms with Gasteiger partial charge in [0.1, 0.15) is 4.90 Å². The number of sulfonamides is 1. The van der Waals surface area contributed by atoms with Crippen molar-refractivity contribution >= 4 is 49.7 Å². The second-order valence-electron chi connectivity index (χ2n) is 6.85. The highest BCUT2D eigenvalue weighted by Gasteiger charge is 2.31. The molecule has 0 atom stereocenters. The number of nitrogens with zero attached hydrogens (tertiary/aromatic N) is 3. The summed E-state index contributed by atoms with van der Waals surface area (Å²) in [6.45, 7) is 3.92. The molecule has 152 valence electrons. The molecule has 9 heteroatoms. The van der Waals surface area contributed by atoms with Gasteiger partial charge in [-0.2, -0.15) is 4.31 Å². The van der Waals surface area contributed by atoms with E-state index in [0.29, 0.717) is 31.2 Å². The van der Waals surface area contributed by atoms with Gasteiger partial charge in [0.05, 0.1) is 10.7 Å². The van der Waals surface area contributed by atoms with Crippen LogP contribution >= 0.6 is 34.5 Å². The van der Waals surface area contributed by atoms with Crippen LogP contribution in [0, 0.1) is 6.92 Å². The summed E-state index contributed by atoms with van der Waals surface area (Å²) in [5.41, 5.74) is 3.22. The number of hydrogen-bond acceptors (Lipinski definition) is 5. The fraction of sp³-hybridized carbons (Fsp3) is 0.250. The Morgan fingerprint density at radius 1 is 1.03 bits per heavy atom. The van der Waals surface area contributed by atoms with Crippen LogP contribution < -0.4 is 4.90 Å². The van der Waals surface area contributed by atoms with E-state index in [1.165, 1.54) is 22.0 Å². The number of aryl methyl sites for hydroxylation is 1. The summed E-state index contributed by atoms with van der Waals surface area (Å²) in [5.74, 6) is 0. The fourth-order valence-corrected chi connectivity index (χ4v) is 6.33. The first-order valence-electron chi connectivity index (χ1n) is 9.07. The van der Waals surface area contributed by atoms with E-state index in [1.807, 2.05) is 17.5 Å². The number of anilines is 1. The molecule has 0 N–H and O–H groups in total. The molecule has 2 aromatic carbocycles. The van der Waals surface area contributed by atoms with Gasteiger partial charge in [0, 0.05) is 42.1 Å². The Morgan fingerprint density at radius 2 is 1.79 bits per heavy atom. The summed E-state index contributed by atoms with van der Waals surface area (Å²) >= 11 is 13.7. The zero-order chi connectivity index (χ0) is 20.6. The Labute approximate surface area is 184 Å². The van der Waals surface area contributed by atoms with Crippen LogP contribution in [-0.4, -0.2) is 43.9 Å². The van der Waals surface area contributed by atoms with Gasteiger partial charge in [-0.1, -0.05) is 47.0 Å². The lowest BCUT2D eigenvalue weighted by Gasteiger charge is -2.34. The maximum Gasteiger partial charge on any atom is 0.244 e. The van der Waals surface area contributed by atoms with Crippen LogP contribution in [0.4, 0.5) is 5.13 Å². The van der Waals surface area contributed by atoms with Crippen LogP contribution in [0.15, 0.2) is 52.7 Å². The van der Waals surface area contributed by atoms with E-state index in [4.69, 9.17) is 28.2 Å². The molecule has 1 aromatic heterocycles. The predicted molar refractivity (Wildman–Crippen MR) is 120 cm³/mol. The normalized spacial score (nSPS) is 15.6. The molecule has 0 unspecified atom stereocenters. The number of aromatic nitrogens is 1. The Morgan fingerprint density at radius 3 is 2.52 bits per heavy atom. The largest absolute Gasteiger partial charge is 0.345 e.